The lowest BCUT2D eigenvalue weighted by molar-refractivity contribution is -0.191. The first-order chi connectivity index (χ1) is 46.5. The molecule has 3 saturated heterocycles. The first-order valence-corrected chi connectivity index (χ1v) is 32.2. The van der Waals surface area contributed by atoms with Crippen molar-refractivity contribution < 1.29 is 90.9 Å². The maximum Gasteiger partial charge on any atom is 0.416 e. The molecule has 6 aliphatic heterocycles. The maximum absolute atomic E-state index is 13.8. The van der Waals surface area contributed by atoms with Crippen molar-refractivity contribution in [2.24, 2.45) is 0 Å². The van der Waals surface area contributed by atoms with E-state index >= 15 is 0 Å². The lowest BCUT2D eigenvalue weighted by Crippen LogP contribution is -2.41. The minimum atomic E-state index is -4.62. The zero-order valence-corrected chi connectivity index (χ0v) is 57.7. The molecule has 9 heterocycles. The van der Waals surface area contributed by atoms with Gasteiger partial charge in [-0.2, -0.15) is 64.4 Å². The smallest absolute Gasteiger partial charge is 0.416 e. The van der Waals surface area contributed by atoms with Crippen molar-refractivity contribution in [1.82, 2.24) is 60.8 Å². The molecule has 0 atom stereocenters. The molecule has 5 N–H and O–H groups in total. The first kappa shape index (κ1) is 81.8. The summed E-state index contributed by atoms with van der Waals surface area (Å²) >= 11 is 0. The van der Waals surface area contributed by atoms with E-state index in [-0.39, 0.29) is 73.2 Å². The van der Waals surface area contributed by atoms with Crippen LogP contribution in [0.4, 0.5) is 62.3 Å². The molecule has 3 aromatic carbocycles. The van der Waals surface area contributed by atoms with Crippen LogP contribution >= 0.6 is 24.8 Å². The predicted molar refractivity (Wildman–Crippen MR) is 346 cm³/mol. The number of amides is 4. The SMILES string of the molecule is CC(C)(C)OC(=O)N1CCc2c(C(=O)N3CCC(c4cc(F)cc(C(F)(F)F)c4)CC3)n[nH]c2C1.CC(C)(C)OC(=O)N1CCc2cn[nH]c2C1.Cl.Cl.Fc1cc(C2CCNCC2)cc(C(F)(F)F)c1.O=C(c1n[nH]c2c1CCNC2)N1CCC(c2cc(F)cc(C(F)(F)F)c2)CC1.O=C=O. The number of aromatic nitrogens is 6. The Bertz CT molecular complexity index is 3820. The largest absolute Gasteiger partial charge is 0.444 e. The van der Waals surface area contributed by atoms with Gasteiger partial charge in [0.15, 0.2) is 11.4 Å². The first-order valence-electron chi connectivity index (χ1n) is 32.2. The van der Waals surface area contributed by atoms with E-state index in [1.54, 1.807) is 40.4 Å². The van der Waals surface area contributed by atoms with Gasteiger partial charge in [-0.05, 0) is 214 Å². The number of hydrogen-bond donors (Lipinski definition) is 5. The van der Waals surface area contributed by atoms with Gasteiger partial charge in [-0.25, -0.2) is 22.8 Å². The number of ether oxygens (including phenoxy) is 2. The van der Waals surface area contributed by atoms with Crippen LogP contribution in [0, 0.1) is 17.5 Å². The van der Waals surface area contributed by atoms with E-state index in [9.17, 15) is 71.9 Å². The molecular formula is C67H80Cl2F12N12O8. The number of likely N-dealkylation sites (tertiary alicyclic amines) is 2. The van der Waals surface area contributed by atoms with Crippen molar-refractivity contribution in [3.63, 3.8) is 0 Å². The summed E-state index contributed by atoms with van der Waals surface area (Å²) in [5.41, 5.74) is 3.39. The monoisotopic (exact) mass is 1480 g/mol. The van der Waals surface area contributed by atoms with Gasteiger partial charge in [0.2, 0.25) is 0 Å². The average molecular weight is 1480 g/mol. The van der Waals surface area contributed by atoms with Crippen molar-refractivity contribution in [1.29, 1.82) is 0 Å². The zero-order valence-electron chi connectivity index (χ0n) is 56.1. The molecule has 0 spiro atoms. The van der Waals surface area contributed by atoms with Crippen LogP contribution in [0.3, 0.4) is 0 Å². The van der Waals surface area contributed by atoms with Crippen LogP contribution in [0.15, 0.2) is 60.8 Å². The molecule has 6 aliphatic rings. The number of aromatic amines is 3. The number of nitrogens with zero attached hydrogens (tertiary/aromatic N) is 7. The summed E-state index contributed by atoms with van der Waals surface area (Å²) in [6.45, 7) is 17.3. The van der Waals surface area contributed by atoms with Crippen LogP contribution in [0.25, 0.3) is 0 Å². The molecule has 6 aromatic rings. The molecule has 0 bridgehead atoms. The Morgan fingerprint density at radius 1 is 0.465 bits per heavy atom. The van der Waals surface area contributed by atoms with E-state index in [0.29, 0.717) is 136 Å². The molecule has 101 heavy (non-hydrogen) atoms. The summed E-state index contributed by atoms with van der Waals surface area (Å²) in [5, 5.41) is 27.3. The van der Waals surface area contributed by atoms with Crippen LogP contribution in [-0.2, 0) is 76.5 Å². The highest BCUT2D eigenvalue weighted by molar-refractivity contribution is 5.95. The fourth-order valence-electron chi connectivity index (χ4n) is 12.4. The third kappa shape index (κ3) is 22.7. The number of fused-ring (bicyclic) bond motifs is 3. The fourth-order valence-corrected chi connectivity index (χ4v) is 12.4. The number of hydrogen-bond acceptors (Lipinski definition) is 13. The second kappa shape index (κ2) is 34.7. The topological polar surface area (TPSA) is 244 Å². The molecule has 554 valence electrons. The summed E-state index contributed by atoms with van der Waals surface area (Å²) in [5.74, 6) is -3.50. The van der Waals surface area contributed by atoms with Crippen molar-refractivity contribution in [3.8, 4) is 0 Å². The third-order valence-corrected chi connectivity index (χ3v) is 17.3. The normalized spacial score (nSPS) is 16.7. The molecule has 0 aliphatic carbocycles. The highest BCUT2D eigenvalue weighted by Crippen LogP contribution is 2.39. The molecular weight excluding hydrogens is 1400 g/mol. The molecule has 3 fully saturated rings. The number of halogens is 14. The number of carbonyl (C=O) groups is 4. The number of benzene rings is 3. The Hall–Kier alpha value is -8.19. The number of alkyl halides is 9. The van der Waals surface area contributed by atoms with E-state index < -0.39 is 70.0 Å². The van der Waals surface area contributed by atoms with Gasteiger partial charge in [-0.3, -0.25) is 24.9 Å². The average Bonchev–Trinajstić information content (AvgIpc) is 1.71. The summed E-state index contributed by atoms with van der Waals surface area (Å²) in [6, 6.07) is 8.14. The number of nitrogens with one attached hydrogen (secondary N) is 5. The third-order valence-electron chi connectivity index (χ3n) is 17.3. The molecule has 20 nitrogen and oxygen atoms in total. The van der Waals surface area contributed by atoms with Gasteiger partial charge in [0.25, 0.3) is 11.8 Å². The second-order valence-corrected chi connectivity index (χ2v) is 26.7. The van der Waals surface area contributed by atoms with Crippen LogP contribution in [0.2, 0.25) is 0 Å². The van der Waals surface area contributed by atoms with Gasteiger partial charge in [-0.1, -0.05) is 0 Å². The predicted octanol–water partition coefficient (Wildman–Crippen LogP) is 13.4. The van der Waals surface area contributed by atoms with Gasteiger partial charge in [0, 0.05) is 56.9 Å². The minimum absolute atomic E-state index is 0. The molecule has 0 saturated carbocycles. The summed E-state index contributed by atoms with van der Waals surface area (Å²) in [7, 11) is 0. The van der Waals surface area contributed by atoms with E-state index in [0.717, 1.165) is 98.2 Å². The van der Waals surface area contributed by atoms with Crippen LogP contribution < -0.4 is 10.6 Å². The Balaban J connectivity index is 0.000000217. The molecule has 12 rings (SSSR count). The van der Waals surface area contributed by atoms with Gasteiger partial charge >= 0.3 is 36.9 Å². The fraction of sp³-hybridized carbons (Fsp3) is 0.522. The van der Waals surface area contributed by atoms with E-state index in [4.69, 9.17) is 19.1 Å². The van der Waals surface area contributed by atoms with Crippen LogP contribution in [0.5, 0.6) is 0 Å². The second-order valence-electron chi connectivity index (χ2n) is 26.7. The summed E-state index contributed by atoms with van der Waals surface area (Å²) < 4.78 is 167. The highest BCUT2D eigenvalue weighted by atomic mass is 35.5. The summed E-state index contributed by atoms with van der Waals surface area (Å²) in [6.07, 6.45) is -6.96. The number of H-pyrrole nitrogens is 3. The highest BCUT2D eigenvalue weighted by Gasteiger charge is 2.38. The van der Waals surface area contributed by atoms with Crippen LogP contribution in [0.1, 0.15) is 186 Å². The molecule has 0 radical (unpaired) electrons. The van der Waals surface area contributed by atoms with Gasteiger partial charge in [0.05, 0.1) is 53.1 Å². The Morgan fingerprint density at radius 2 is 0.842 bits per heavy atom. The van der Waals surface area contributed by atoms with Crippen molar-refractivity contribution in [2.45, 2.75) is 166 Å². The van der Waals surface area contributed by atoms with Crippen molar-refractivity contribution >= 4 is 55.0 Å². The van der Waals surface area contributed by atoms with Gasteiger partial charge in [0.1, 0.15) is 28.7 Å². The van der Waals surface area contributed by atoms with Crippen molar-refractivity contribution in [2.75, 3.05) is 58.9 Å². The number of carbonyl (C=O) groups excluding carboxylic acids is 6. The van der Waals surface area contributed by atoms with E-state index in [1.165, 1.54) is 11.6 Å². The minimum Gasteiger partial charge on any atom is -0.444 e. The maximum atomic E-state index is 13.8. The van der Waals surface area contributed by atoms with E-state index in [1.807, 2.05) is 27.0 Å². The Labute approximate surface area is 586 Å². The molecule has 34 heteroatoms. The lowest BCUT2D eigenvalue weighted by Gasteiger charge is -2.33. The standard InChI is InChI=1S/C24H28F4N4O3.C19H20F4N4O.C12H13F4N.C11H17N3O2.CO2.2ClH/c1-23(2,3)35-22(34)32-9-6-18-19(13-32)29-30-20(18)21(33)31-7-4-14(5-8-31)15-10-16(24(26,27)28)12-17(25)11-15;20-14-8-12(7-13(9-14)19(21,22)23)11-2-5-27(6-3-11)18(28)17-15-1-4-24-10-16(15)25-26-17;13-11-6-9(8-1-3-17-4-2-8)5-10(7-11)12(14,15)16;1-11(2,3)16-10(15)14-5-4-8-6-12-13-9(8)7-14;2-1-3;;/h10-12,14H,4-9,13H2,1-3H3,(H,29,30);7-9,11,24H,1-6,10H2,(H,25,26);5-8,17H,1-4H2;6H,4-5,7H2,1-3H3,(H,12,13);;2*1H. The Morgan fingerprint density at radius 3 is 1.25 bits per heavy atom. The number of piperidine rings is 3. The van der Waals surface area contributed by atoms with Gasteiger partial charge in [-0.15, -0.1) is 24.8 Å². The molecule has 3 aromatic heterocycles. The molecule has 4 amide bonds. The van der Waals surface area contributed by atoms with Crippen molar-refractivity contribution in [3.05, 3.63) is 157 Å². The lowest BCUT2D eigenvalue weighted by atomic mass is 9.88. The van der Waals surface area contributed by atoms with E-state index in [2.05, 4.69) is 41.2 Å². The zero-order chi connectivity index (χ0) is 72.4. The quantitative estimate of drug-likeness (QED) is 0.101. The number of rotatable bonds is 5. The van der Waals surface area contributed by atoms with Gasteiger partial charge < -0.3 is 39.7 Å². The Kier molecular flexibility index (Phi) is 28.1. The summed E-state index contributed by atoms with van der Waals surface area (Å²) in [4.78, 5) is 73.0. The van der Waals surface area contributed by atoms with Crippen LogP contribution in [-0.4, -0.2) is 150 Å². The molecule has 0 unspecified atom stereocenters.